The molecule has 0 fully saturated rings. The first-order chi connectivity index (χ1) is 9.24. The first kappa shape index (κ1) is 13.8. The van der Waals surface area contributed by atoms with Gasteiger partial charge in [0.25, 0.3) is 0 Å². The van der Waals surface area contributed by atoms with Gasteiger partial charge in [-0.05, 0) is 25.2 Å². The van der Waals surface area contributed by atoms with E-state index in [0.717, 1.165) is 25.4 Å². The minimum absolute atomic E-state index is 0.638. The Morgan fingerprint density at radius 3 is 2.79 bits per heavy atom. The molecule has 0 spiro atoms. The normalized spacial score (nSPS) is 10.9. The van der Waals surface area contributed by atoms with E-state index in [1.54, 1.807) is 12.7 Å². The summed E-state index contributed by atoms with van der Waals surface area (Å²) in [7, 11) is 2.06. The predicted octanol–water partition coefficient (Wildman–Crippen LogP) is 1.94. The zero-order chi connectivity index (χ0) is 13.5. The molecular weight excluding hydrogens is 264 g/mol. The Hall–Kier alpha value is -1.59. The van der Waals surface area contributed by atoms with E-state index < -0.39 is 0 Å². The first-order valence-electron chi connectivity index (χ1n) is 6.13. The van der Waals surface area contributed by atoms with Crippen LogP contribution in [0.25, 0.3) is 0 Å². The predicted molar refractivity (Wildman–Crippen MR) is 74.5 cm³/mol. The van der Waals surface area contributed by atoms with Gasteiger partial charge in [-0.1, -0.05) is 17.7 Å². The summed E-state index contributed by atoms with van der Waals surface area (Å²) in [5.74, 6) is 0.805. The molecule has 5 nitrogen and oxygen atoms in total. The molecule has 0 N–H and O–H groups in total. The zero-order valence-corrected chi connectivity index (χ0v) is 11.6. The third kappa shape index (κ3) is 4.89. The van der Waals surface area contributed by atoms with Crippen LogP contribution >= 0.6 is 11.6 Å². The maximum Gasteiger partial charge on any atom is 0.120 e. The van der Waals surface area contributed by atoms with E-state index in [2.05, 4.69) is 22.1 Å². The molecule has 0 atom stereocenters. The van der Waals surface area contributed by atoms with Gasteiger partial charge in [-0.2, -0.15) is 0 Å². The maximum atomic E-state index is 5.89. The Morgan fingerprint density at radius 2 is 2.05 bits per heavy atom. The number of benzene rings is 1. The van der Waals surface area contributed by atoms with Crippen LogP contribution in [0.3, 0.4) is 0 Å². The SMILES string of the molecule is CN(CCOc1cccc(Cl)c1)CCn1cnnc1. The largest absolute Gasteiger partial charge is 0.492 e. The van der Waals surface area contributed by atoms with Crippen molar-refractivity contribution in [3.63, 3.8) is 0 Å². The van der Waals surface area contributed by atoms with Crippen LogP contribution in [-0.4, -0.2) is 46.4 Å². The molecule has 102 valence electrons. The van der Waals surface area contributed by atoms with Crippen LogP contribution in [0.15, 0.2) is 36.9 Å². The molecule has 0 saturated heterocycles. The van der Waals surface area contributed by atoms with E-state index in [0.29, 0.717) is 11.6 Å². The summed E-state index contributed by atoms with van der Waals surface area (Å²) in [5.41, 5.74) is 0. The Balaban J connectivity index is 1.65. The average molecular weight is 281 g/mol. The van der Waals surface area contributed by atoms with Gasteiger partial charge in [-0.3, -0.25) is 0 Å². The van der Waals surface area contributed by atoms with Crippen LogP contribution < -0.4 is 4.74 Å². The van der Waals surface area contributed by atoms with Crippen molar-refractivity contribution in [1.29, 1.82) is 0 Å². The molecule has 0 aliphatic rings. The van der Waals surface area contributed by atoms with E-state index in [9.17, 15) is 0 Å². The van der Waals surface area contributed by atoms with Crippen molar-refractivity contribution in [2.45, 2.75) is 6.54 Å². The molecule has 1 aromatic heterocycles. The fraction of sp³-hybridized carbons (Fsp3) is 0.385. The lowest BCUT2D eigenvalue weighted by Crippen LogP contribution is -2.27. The van der Waals surface area contributed by atoms with Crippen LogP contribution in [0.1, 0.15) is 0 Å². The summed E-state index contributed by atoms with van der Waals surface area (Å²) in [5, 5.41) is 8.23. The highest BCUT2D eigenvalue weighted by atomic mass is 35.5. The van der Waals surface area contributed by atoms with Gasteiger partial charge in [0.1, 0.15) is 25.0 Å². The molecule has 0 unspecified atom stereocenters. The van der Waals surface area contributed by atoms with Crippen molar-refractivity contribution in [1.82, 2.24) is 19.7 Å². The minimum atomic E-state index is 0.638. The smallest absolute Gasteiger partial charge is 0.120 e. The van der Waals surface area contributed by atoms with E-state index in [4.69, 9.17) is 16.3 Å². The summed E-state index contributed by atoms with van der Waals surface area (Å²) >= 11 is 5.89. The van der Waals surface area contributed by atoms with Gasteiger partial charge in [0.05, 0.1) is 0 Å². The summed E-state index contributed by atoms with van der Waals surface area (Å²) in [6.07, 6.45) is 3.44. The molecule has 0 amide bonds. The number of hydrogen-bond acceptors (Lipinski definition) is 4. The van der Waals surface area contributed by atoms with Crippen LogP contribution in [0.4, 0.5) is 0 Å². The lowest BCUT2D eigenvalue weighted by Gasteiger charge is -2.17. The summed E-state index contributed by atoms with van der Waals surface area (Å²) in [4.78, 5) is 2.20. The number of rotatable bonds is 7. The Bertz CT molecular complexity index is 489. The van der Waals surface area contributed by atoms with Crippen LogP contribution in [-0.2, 0) is 6.54 Å². The molecular formula is C13H17ClN4O. The second-order valence-corrected chi connectivity index (χ2v) is 4.75. The number of likely N-dealkylation sites (N-methyl/N-ethyl adjacent to an activating group) is 1. The summed E-state index contributed by atoms with van der Waals surface area (Å²) < 4.78 is 7.59. The molecule has 6 heteroatoms. The van der Waals surface area contributed by atoms with Crippen molar-refractivity contribution in [2.75, 3.05) is 26.7 Å². The van der Waals surface area contributed by atoms with Crippen molar-refractivity contribution in [3.8, 4) is 5.75 Å². The first-order valence-corrected chi connectivity index (χ1v) is 6.51. The molecule has 0 aliphatic carbocycles. The van der Waals surface area contributed by atoms with E-state index in [1.165, 1.54) is 0 Å². The van der Waals surface area contributed by atoms with Gasteiger partial charge < -0.3 is 14.2 Å². The number of halogens is 1. The minimum Gasteiger partial charge on any atom is -0.492 e. The van der Waals surface area contributed by atoms with Gasteiger partial charge in [0.15, 0.2) is 0 Å². The third-order valence-corrected chi connectivity index (χ3v) is 2.98. The molecule has 2 aromatic rings. The van der Waals surface area contributed by atoms with Crippen LogP contribution in [0, 0.1) is 0 Å². The highest BCUT2D eigenvalue weighted by molar-refractivity contribution is 6.30. The Morgan fingerprint density at radius 1 is 1.26 bits per heavy atom. The molecule has 0 bridgehead atoms. The van der Waals surface area contributed by atoms with Gasteiger partial charge >= 0.3 is 0 Å². The van der Waals surface area contributed by atoms with Crippen LogP contribution in [0.5, 0.6) is 5.75 Å². The summed E-state index contributed by atoms with van der Waals surface area (Å²) in [6, 6.07) is 7.44. The second-order valence-electron chi connectivity index (χ2n) is 4.31. The highest BCUT2D eigenvalue weighted by Crippen LogP contribution is 2.16. The van der Waals surface area contributed by atoms with Crippen molar-refractivity contribution in [2.24, 2.45) is 0 Å². The Kier molecular flexibility index (Phi) is 5.18. The standard InChI is InChI=1S/C13H17ClN4O/c1-17(5-6-18-10-15-16-11-18)7-8-19-13-4-2-3-12(14)9-13/h2-4,9-11H,5-8H2,1H3. The van der Waals surface area contributed by atoms with Crippen molar-refractivity contribution < 1.29 is 4.74 Å². The number of ether oxygens (including phenoxy) is 1. The monoisotopic (exact) mass is 280 g/mol. The van der Waals surface area contributed by atoms with E-state index >= 15 is 0 Å². The van der Waals surface area contributed by atoms with Gasteiger partial charge in [0, 0.05) is 24.7 Å². The third-order valence-electron chi connectivity index (χ3n) is 2.74. The highest BCUT2D eigenvalue weighted by Gasteiger charge is 2.00. The fourth-order valence-corrected chi connectivity index (χ4v) is 1.79. The van der Waals surface area contributed by atoms with Gasteiger partial charge in [-0.15, -0.1) is 10.2 Å². The molecule has 0 radical (unpaired) electrons. The van der Waals surface area contributed by atoms with Gasteiger partial charge in [0.2, 0.25) is 0 Å². The summed E-state index contributed by atoms with van der Waals surface area (Å²) in [6.45, 7) is 3.30. The topological polar surface area (TPSA) is 43.2 Å². The number of hydrogen-bond donors (Lipinski definition) is 0. The molecule has 0 saturated carbocycles. The molecule has 1 heterocycles. The van der Waals surface area contributed by atoms with E-state index in [1.807, 2.05) is 28.8 Å². The van der Waals surface area contributed by atoms with E-state index in [-0.39, 0.29) is 0 Å². The van der Waals surface area contributed by atoms with Crippen LogP contribution in [0.2, 0.25) is 5.02 Å². The number of aromatic nitrogens is 3. The average Bonchev–Trinajstić information content (AvgIpc) is 2.89. The molecule has 19 heavy (non-hydrogen) atoms. The maximum absolute atomic E-state index is 5.89. The molecule has 2 rings (SSSR count). The zero-order valence-electron chi connectivity index (χ0n) is 10.9. The number of nitrogens with zero attached hydrogens (tertiary/aromatic N) is 4. The molecule has 0 aliphatic heterocycles. The van der Waals surface area contributed by atoms with Crippen molar-refractivity contribution >= 4 is 11.6 Å². The lowest BCUT2D eigenvalue weighted by molar-refractivity contribution is 0.232. The van der Waals surface area contributed by atoms with Crippen molar-refractivity contribution in [3.05, 3.63) is 41.9 Å². The quantitative estimate of drug-likeness (QED) is 0.777. The van der Waals surface area contributed by atoms with Gasteiger partial charge in [-0.25, -0.2) is 0 Å². The fourth-order valence-electron chi connectivity index (χ4n) is 1.61. The lowest BCUT2D eigenvalue weighted by atomic mass is 10.3. The second kappa shape index (κ2) is 7.11. The Labute approximate surface area is 117 Å². The molecule has 1 aromatic carbocycles.